The van der Waals surface area contributed by atoms with E-state index in [2.05, 4.69) is 10.3 Å². The van der Waals surface area contributed by atoms with Crippen molar-refractivity contribution in [1.29, 1.82) is 0 Å². The van der Waals surface area contributed by atoms with E-state index in [9.17, 15) is 9.59 Å². The first-order valence-electron chi connectivity index (χ1n) is 3.82. The zero-order chi connectivity index (χ0) is 9.84. The van der Waals surface area contributed by atoms with Gasteiger partial charge in [-0.15, -0.1) is 11.6 Å². The average Bonchev–Trinajstić information content (AvgIpc) is 2.30. The van der Waals surface area contributed by atoms with Gasteiger partial charge in [0, 0.05) is 19.3 Å². The van der Waals surface area contributed by atoms with Crippen LogP contribution in [-0.4, -0.2) is 42.1 Å². The molecule has 6 heteroatoms. The second kappa shape index (κ2) is 4.23. The molecule has 1 aliphatic heterocycles. The first-order valence-corrected chi connectivity index (χ1v) is 4.35. The summed E-state index contributed by atoms with van der Waals surface area (Å²) in [6.45, 7) is 0.243. The van der Waals surface area contributed by atoms with Gasteiger partial charge in [0.05, 0.1) is 6.54 Å². The number of nitrogens with one attached hydrogen (secondary N) is 1. The number of carbonyl (C=O) groups excluding carboxylic acids is 2. The Labute approximate surface area is 80.8 Å². The van der Waals surface area contributed by atoms with Crippen molar-refractivity contribution < 1.29 is 9.59 Å². The van der Waals surface area contributed by atoms with Crippen molar-refractivity contribution in [1.82, 2.24) is 10.2 Å². The molecule has 0 aromatic carbocycles. The zero-order valence-electron chi connectivity index (χ0n) is 7.21. The molecule has 5 nitrogen and oxygen atoms in total. The third kappa shape index (κ3) is 2.69. The summed E-state index contributed by atoms with van der Waals surface area (Å²) in [6, 6.07) is 0. The van der Waals surface area contributed by atoms with E-state index in [4.69, 9.17) is 11.6 Å². The maximum Gasteiger partial charge on any atom is 0.250 e. The molecule has 0 unspecified atom stereocenters. The molecule has 0 bridgehead atoms. The highest BCUT2D eigenvalue weighted by Gasteiger charge is 2.21. The van der Waals surface area contributed by atoms with Crippen LogP contribution in [-0.2, 0) is 9.59 Å². The summed E-state index contributed by atoms with van der Waals surface area (Å²) in [7, 11) is 1.69. The summed E-state index contributed by atoms with van der Waals surface area (Å²) in [5, 5.41) is 2.47. The fraction of sp³-hybridized carbons (Fsp3) is 0.571. The number of carbonyl (C=O) groups is 2. The standard InChI is InChI=1S/C7H10ClN3O2/c1-11-4-6(13)10-7(11)9-5(12)2-3-8/h2-4H2,1H3,(H,9,10,12,13). The fourth-order valence-corrected chi connectivity index (χ4v) is 1.08. The molecule has 1 saturated heterocycles. The molecule has 1 rings (SSSR count). The summed E-state index contributed by atoms with van der Waals surface area (Å²) in [6.07, 6.45) is 0.189. The Morgan fingerprint density at radius 2 is 2.46 bits per heavy atom. The van der Waals surface area contributed by atoms with Crippen molar-refractivity contribution in [2.45, 2.75) is 6.42 Å². The second-order valence-electron chi connectivity index (χ2n) is 2.67. The van der Waals surface area contributed by atoms with E-state index in [-0.39, 0.29) is 30.7 Å². The molecular formula is C7H10ClN3O2. The van der Waals surface area contributed by atoms with E-state index in [0.717, 1.165) is 0 Å². The number of nitrogens with zero attached hydrogens (tertiary/aromatic N) is 2. The predicted octanol–water partition coefficient (Wildman–Crippen LogP) is -0.441. The van der Waals surface area contributed by atoms with Crippen LogP contribution in [0.25, 0.3) is 0 Å². The smallest absolute Gasteiger partial charge is 0.250 e. The van der Waals surface area contributed by atoms with E-state index in [0.29, 0.717) is 5.96 Å². The van der Waals surface area contributed by atoms with Crippen molar-refractivity contribution in [3.05, 3.63) is 0 Å². The lowest BCUT2D eigenvalue weighted by Crippen LogP contribution is -2.28. The maximum absolute atomic E-state index is 11.0. The Balaban J connectivity index is 2.60. The van der Waals surface area contributed by atoms with E-state index in [1.807, 2.05) is 0 Å². The normalized spacial score (nSPS) is 19.4. The zero-order valence-corrected chi connectivity index (χ0v) is 7.97. The Morgan fingerprint density at radius 1 is 1.77 bits per heavy atom. The SMILES string of the molecule is CN1CC(=O)NC1=NC(=O)CCCl. The maximum atomic E-state index is 11.0. The molecule has 1 heterocycles. The largest absolute Gasteiger partial charge is 0.336 e. The van der Waals surface area contributed by atoms with Crippen LogP contribution >= 0.6 is 11.6 Å². The van der Waals surface area contributed by atoms with Crippen molar-refractivity contribution >= 4 is 29.4 Å². The minimum atomic E-state index is -0.320. The highest BCUT2D eigenvalue weighted by molar-refractivity contribution is 6.19. The van der Waals surface area contributed by atoms with Crippen LogP contribution in [0.4, 0.5) is 0 Å². The summed E-state index contributed by atoms with van der Waals surface area (Å²) in [4.78, 5) is 27.1. The Kier molecular flexibility index (Phi) is 3.25. The van der Waals surface area contributed by atoms with Crippen molar-refractivity contribution in [3.8, 4) is 0 Å². The van der Waals surface area contributed by atoms with E-state index in [1.54, 1.807) is 11.9 Å². The summed E-state index contributed by atoms with van der Waals surface area (Å²) in [5.74, 6) is 0.0758. The average molecular weight is 204 g/mol. The molecule has 2 amide bonds. The lowest BCUT2D eigenvalue weighted by molar-refractivity contribution is -0.118. The second-order valence-corrected chi connectivity index (χ2v) is 3.05. The Bertz CT molecular complexity index is 264. The summed E-state index contributed by atoms with van der Waals surface area (Å²) in [5.41, 5.74) is 0. The van der Waals surface area contributed by atoms with Gasteiger partial charge in [-0.2, -0.15) is 4.99 Å². The monoisotopic (exact) mass is 203 g/mol. The van der Waals surface area contributed by atoms with Gasteiger partial charge in [0.2, 0.25) is 17.8 Å². The van der Waals surface area contributed by atoms with Gasteiger partial charge < -0.3 is 4.90 Å². The number of rotatable bonds is 2. The Hall–Kier alpha value is -1.10. The molecule has 1 N–H and O–H groups in total. The molecule has 1 aliphatic rings. The van der Waals surface area contributed by atoms with Crippen LogP contribution in [0.1, 0.15) is 6.42 Å². The van der Waals surface area contributed by atoms with Gasteiger partial charge in [-0.25, -0.2) is 0 Å². The number of aliphatic imine (C=N–C) groups is 1. The molecule has 0 aliphatic carbocycles. The molecule has 0 saturated carbocycles. The van der Waals surface area contributed by atoms with Crippen molar-refractivity contribution in [3.63, 3.8) is 0 Å². The quantitative estimate of drug-likeness (QED) is 0.619. The van der Waals surface area contributed by atoms with Crippen LogP contribution in [0.2, 0.25) is 0 Å². The number of amides is 2. The molecule has 0 aromatic heterocycles. The molecule has 1 fully saturated rings. The molecule has 72 valence electrons. The lowest BCUT2D eigenvalue weighted by atomic mass is 10.5. The van der Waals surface area contributed by atoms with Gasteiger partial charge in [-0.3, -0.25) is 14.9 Å². The topological polar surface area (TPSA) is 61.8 Å². The third-order valence-electron chi connectivity index (χ3n) is 1.53. The van der Waals surface area contributed by atoms with E-state index >= 15 is 0 Å². The van der Waals surface area contributed by atoms with Crippen LogP contribution < -0.4 is 5.32 Å². The molecule has 0 radical (unpaired) electrons. The highest BCUT2D eigenvalue weighted by atomic mass is 35.5. The number of hydrogen-bond acceptors (Lipinski definition) is 2. The van der Waals surface area contributed by atoms with Crippen molar-refractivity contribution in [2.24, 2.45) is 4.99 Å². The molecule has 0 atom stereocenters. The highest BCUT2D eigenvalue weighted by Crippen LogP contribution is 1.96. The number of likely N-dealkylation sites (N-methyl/N-ethyl adjacent to an activating group) is 1. The third-order valence-corrected chi connectivity index (χ3v) is 1.72. The summed E-state index contributed by atoms with van der Waals surface area (Å²) >= 11 is 5.36. The molecule has 0 spiro atoms. The molecule has 0 aromatic rings. The lowest BCUT2D eigenvalue weighted by Gasteiger charge is -2.06. The van der Waals surface area contributed by atoms with Crippen LogP contribution in [0.3, 0.4) is 0 Å². The van der Waals surface area contributed by atoms with Crippen LogP contribution in [0.5, 0.6) is 0 Å². The number of halogens is 1. The van der Waals surface area contributed by atoms with Gasteiger partial charge in [-0.1, -0.05) is 0 Å². The molecular weight excluding hydrogens is 194 g/mol. The van der Waals surface area contributed by atoms with Crippen LogP contribution in [0.15, 0.2) is 4.99 Å². The first kappa shape index (κ1) is 9.98. The molecule has 13 heavy (non-hydrogen) atoms. The minimum absolute atomic E-state index is 0.153. The van der Waals surface area contributed by atoms with E-state index < -0.39 is 0 Å². The number of hydrogen-bond donors (Lipinski definition) is 1. The minimum Gasteiger partial charge on any atom is -0.336 e. The number of guanidine groups is 1. The van der Waals surface area contributed by atoms with Crippen LogP contribution in [0, 0.1) is 0 Å². The van der Waals surface area contributed by atoms with Gasteiger partial charge in [0.25, 0.3) is 0 Å². The van der Waals surface area contributed by atoms with Gasteiger partial charge in [0.1, 0.15) is 0 Å². The van der Waals surface area contributed by atoms with Gasteiger partial charge in [0.15, 0.2) is 0 Å². The predicted molar refractivity (Wildman–Crippen MR) is 48.6 cm³/mol. The first-order chi connectivity index (χ1) is 6.13. The van der Waals surface area contributed by atoms with Crippen molar-refractivity contribution in [2.75, 3.05) is 19.5 Å². The summed E-state index contributed by atoms with van der Waals surface area (Å²) < 4.78 is 0. The Morgan fingerprint density at radius 3 is 2.92 bits per heavy atom. The van der Waals surface area contributed by atoms with Gasteiger partial charge >= 0.3 is 0 Å². The van der Waals surface area contributed by atoms with E-state index in [1.165, 1.54) is 0 Å². The fourth-order valence-electron chi connectivity index (χ4n) is 0.918. The number of alkyl halides is 1. The van der Waals surface area contributed by atoms with Gasteiger partial charge in [-0.05, 0) is 0 Å².